The van der Waals surface area contributed by atoms with E-state index in [0.717, 1.165) is 12.1 Å². The molecular formula is C17H16F4N2O3. The maximum Gasteiger partial charge on any atom is 0.573 e. The summed E-state index contributed by atoms with van der Waals surface area (Å²) < 4.78 is 59.1. The SMILES string of the molecule is CN(CCOc1ccccc1F)C(=O)Nc1cccc(OC(F)(F)F)c1. The first kappa shape index (κ1) is 19.4. The van der Waals surface area contributed by atoms with E-state index in [1.807, 2.05) is 0 Å². The quantitative estimate of drug-likeness (QED) is 0.771. The van der Waals surface area contributed by atoms with Crippen molar-refractivity contribution in [1.29, 1.82) is 0 Å². The van der Waals surface area contributed by atoms with Crippen LogP contribution in [0.1, 0.15) is 0 Å². The topological polar surface area (TPSA) is 50.8 Å². The van der Waals surface area contributed by atoms with Gasteiger partial charge in [-0.05, 0) is 24.3 Å². The first-order valence-electron chi connectivity index (χ1n) is 7.50. The van der Waals surface area contributed by atoms with Crippen molar-refractivity contribution < 1.29 is 31.8 Å². The highest BCUT2D eigenvalue weighted by molar-refractivity contribution is 5.89. The monoisotopic (exact) mass is 372 g/mol. The van der Waals surface area contributed by atoms with Gasteiger partial charge in [-0.15, -0.1) is 13.2 Å². The Kier molecular flexibility index (Phi) is 6.26. The number of hydrogen-bond donors (Lipinski definition) is 1. The van der Waals surface area contributed by atoms with Gasteiger partial charge in [-0.25, -0.2) is 9.18 Å². The molecule has 0 aromatic heterocycles. The molecule has 1 N–H and O–H groups in total. The zero-order valence-electron chi connectivity index (χ0n) is 13.7. The van der Waals surface area contributed by atoms with E-state index in [0.29, 0.717) is 0 Å². The third-order valence-electron chi connectivity index (χ3n) is 3.19. The second kappa shape index (κ2) is 8.41. The summed E-state index contributed by atoms with van der Waals surface area (Å²) in [4.78, 5) is 13.3. The number of amides is 2. The van der Waals surface area contributed by atoms with Gasteiger partial charge >= 0.3 is 12.4 Å². The van der Waals surface area contributed by atoms with Gasteiger partial charge in [0.25, 0.3) is 0 Å². The van der Waals surface area contributed by atoms with Gasteiger partial charge in [0.15, 0.2) is 11.6 Å². The molecule has 2 aromatic rings. The predicted molar refractivity (Wildman–Crippen MR) is 86.7 cm³/mol. The molecule has 0 radical (unpaired) electrons. The molecule has 0 atom stereocenters. The van der Waals surface area contributed by atoms with Gasteiger partial charge in [0, 0.05) is 18.8 Å². The van der Waals surface area contributed by atoms with Crippen LogP contribution in [0.5, 0.6) is 11.5 Å². The summed E-state index contributed by atoms with van der Waals surface area (Å²) in [7, 11) is 1.47. The van der Waals surface area contributed by atoms with E-state index in [1.165, 1.54) is 42.3 Å². The number of para-hydroxylation sites is 1. The van der Waals surface area contributed by atoms with Crippen molar-refractivity contribution in [2.75, 3.05) is 25.5 Å². The molecule has 0 spiro atoms. The van der Waals surface area contributed by atoms with Gasteiger partial charge in [0.2, 0.25) is 0 Å². The van der Waals surface area contributed by atoms with Crippen molar-refractivity contribution >= 4 is 11.7 Å². The van der Waals surface area contributed by atoms with Gasteiger partial charge < -0.3 is 19.7 Å². The normalized spacial score (nSPS) is 11.0. The summed E-state index contributed by atoms with van der Waals surface area (Å²) in [6.07, 6.45) is -4.82. The van der Waals surface area contributed by atoms with Gasteiger partial charge in [-0.2, -0.15) is 0 Å². The van der Waals surface area contributed by atoms with E-state index >= 15 is 0 Å². The number of rotatable bonds is 6. The minimum absolute atomic E-state index is 0.0437. The number of nitrogens with one attached hydrogen (secondary N) is 1. The Labute approximate surface area is 147 Å². The molecule has 5 nitrogen and oxygen atoms in total. The van der Waals surface area contributed by atoms with Crippen molar-refractivity contribution in [2.45, 2.75) is 6.36 Å². The highest BCUT2D eigenvalue weighted by Crippen LogP contribution is 2.25. The Bertz CT molecular complexity index is 753. The van der Waals surface area contributed by atoms with Crippen LogP contribution >= 0.6 is 0 Å². The van der Waals surface area contributed by atoms with Crippen molar-refractivity contribution in [2.24, 2.45) is 0 Å². The van der Waals surface area contributed by atoms with Crippen LogP contribution < -0.4 is 14.8 Å². The lowest BCUT2D eigenvalue weighted by Gasteiger charge is -2.18. The lowest BCUT2D eigenvalue weighted by molar-refractivity contribution is -0.274. The molecule has 0 aliphatic rings. The molecule has 0 saturated heterocycles. The van der Waals surface area contributed by atoms with E-state index in [2.05, 4.69) is 10.1 Å². The maximum atomic E-state index is 13.4. The number of carbonyl (C=O) groups is 1. The number of ether oxygens (including phenoxy) is 2. The van der Waals surface area contributed by atoms with Gasteiger partial charge in [-0.1, -0.05) is 18.2 Å². The lowest BCUT2D eigenvalue weighted by atomic mass is 10.3. The van der Waals surface area contributed by atoms with E-state index in [9.17, 15) is 22.4 Å². The summed E-state index contributed by atoms with van der Waals surface area (Å²) in [5.74, 6) is -0.889. The summed E-state index contributed by atoms with van der Waals surface area (Å²) in [6.45, 7) is 0.182. The van der Waals surface area contributed by atoms with E-state index in [-0.39, 0.29) is 24.6 Å². The number of alkyl halides is 3. The number of hydrogen-bond acceptors (Lipinski definition) is 3. The molecular weight excluding hydrogens is 356 g/mol. The molecule has 26 heavy (non-hydrogen) atoms. The Morgan fingerprint density at radius 2 is 1.88 bits per heavy atom. The van der Waals surface area contributed by atoms with Crippen LogP contribution in [0.4, 0.5) is 28.0 Å². The number of halogens is 4. The van der Waals surface area contributed by atoms with Crippen LogP contribution in [0.3, 0.4) is 0 Å². The number of benzene rings is 2. The maximum absolute atomic E-state index is 13.4. The molecule has 0 heterocycles. The fraction of sp³-hybridized carbons (Fsp3) is 0.235. The summed E-state index contributed by atoms with van der Waals surface area (Å²) >= 11 is 0. The minimum atomic E-state index is -4.82. The highest BCUT2D eigenvalue weighted by atomic mass is 19.4. The molecule has 140 valence electrons. The number of likely N-dealkylation sites (N-methyl/N-ethyl adjacent to an activating group) is 1. The van der Waals surface area contributed by atoms with Crippen LogP contribution in [-0.4, -0.2) is 37.5 Å². The molecule has 0 fully saturated rings. The first-order valence-corrected chi connectivity index (χ1v) is 7.50. The Hall–Kier alpha value is -2.97. The Morgan fingerprint density at radius 1 is 1.15 bits per heavy atom. The predicted octanol–water partition coefficient (Wildman–Crippen LogP) is 4.27. The number of carbonyl (C=O) groups excluding carboxylic acids is 1. The standard InChI is InChI=1S/C17H16F4N2O3/c1-23(9-10-25-15-8-3-2-7-14(15)18)16(24)22-12-5-4-6-13(11-12)26-17(19,20)21/h2-8,11H,9-10H2,1H3,(H,22,24). The lowest BCUT2D eigenvalue weighted by Crippen LogP contribution is -2.34. The average Bonchev–Trinajstić information content (AvgIpc) is 2.55. The average molecular weight is 372 g/mol. The van der Waals surface area contributed by atoms with Gasteiger partial charge in [0.05, 0.1) is 6.54 Å². The minimum Gasteiger partial charge on any atom is -0.489 e. The first-order chi connectivity index (χ1) is 12.2. The zero-order chi connectivity index (χ0) is 19.2. The van der Waals surface area contributed by atoms with Crippen molar-refractivity contribution in [3.8, 4) is 11.5 Å². The fourth-order valence-electron chi connectivity index (χ4n) is 1.95. The van der Waals surface area contributed by atoms with Crippen LogP contribution in [0.25, 0.3) is 0 Å². The molecule has 0 aliphatic carbocycles. The Balaban J connectivity index is 1.85. The number of nitrogens with zero attached hydrogens (tertiary/aromatic N) is 1. The summed E-state index contributed by atoms with van der Waals surface area (Å²) in [5.41, 5.74) is 0.138. The Morgan fingerprint density at radius 3 is 2.58 bits per heavy atom. The van der Waals surface area contributed by atoms with Crippen molar-refractivity contribution in [3.63, 3.8) is 0 Å². The molecule has 0 bridgehead atoms. The van der Waals surface area contributed by atoms with Crippen LogP contribution in [0.2, 0.25) is 0 Å². The number of urea groups is 1. The number of anilines is 1. The smallest absolute Gasteiger partial charge is 0.489 e. The van der Waals surface area contributed by atoms with E-state index in [1.54, 1.807) is 6.07 Å². The van der Waals surface area contributed by atoms with Crippen LogP contribution in [-0.2, 0) is 0 Å². The second-order valence-electron chi connectivity index (χ2n) is 5.21. The third kappa shape index (κ3) is 6.15. The fourth-order valence-corrected chi connectivity index (χ4v) is 1.95. The van der Waals surface area contributed by atoms with Crippen LogP contribution in [0.15, 0.2) is 48.5 Å². The van der Waals surface area contributed by atoms with Gasteiger partial charge in [0.1, 0.15) is 12.4 Å². The third-order valence-corrected chi connectivity index (χ3v) is 3.19. The molecule has 0 unspecified atom stereocenters. The second-order valence-corrected chi connectivity index (χ2v) is 5.21. The highest BCUT2D eigenvalue weighted by Gasteiger charge is 2.31. The zero-order valence-corrected chi connectivity index (χ0v) is 13.7. The molecule has 0 aliphatic heterocycles. The van der Waals surface area contributed by atoms with Crippen molar-refractivity contribution in [1.82, 2.24) is 4.90 Å². The molecule has 2 amide bonds. The van der Waals surface area contributed by atoms with Crippen LogP contribution in [0, 0.1) is 5.82 Å². The van der Waals surface area contributed by atoms with Gasteiger partial charge in [-0.3, -0.25) is 0 Å². The molecule has 0 saturated carbocycles. The summed E-state index contributed by atoms with van der Waals surface area (Å²) in [5, 5.41) is 2.44. The summed E-state index contributed by atoms with van der Waals surface area (Å²) in [6, 6.07) is 10.2. The molecule has 2 rings (SSSR count). The van der Waals surface area contributed by atoms with E-state index < -0.39 is 24.0 Å². The molecule has 9 heteroatoms. The van der Waals surface area contributed by atoms with Crippen molar-refractivity contribution in [3.05, 3.63) is 54.3 Å². The largest absolute Gasteiger partial charge is 0.573 e. The van der Waals surface area contributed by atoms with E-state index in [4.69, 9.17) is 4.74 Å². The molecule has 2 aromatic carbocycles.